The molecule has 0 aliphatic heterocycles. The second-order valence-electron chi connectivity index (χ2n) is 4.12. The summed E-state index contributed by atoms with van der Waals surface area (Å²) in [5, 5.41) is 0. The molecule has 0 aliphatic carbocycles. The molecule has 0 amide bonds. The summed E-state index contributed by atoms with van der Waals surface area (Å²) in [5.41, 5.74) is -4.14. The molecular formula is C10H7Cl2F6NO2RuS. The van der Waals surface area contributed by atoms with Gasteiger partial charge in [0.05, 0.1) is 0 Å². The number of hydrogen-bond donors (Lipinski definition) is 0. The normalized spacial score (nSPS) is 13.7. The van der Waals surface area contributed by atoms with Crippen molar-refractivity contribution in [3.63, 3.8) is 0 Å². The van der Waals surface area contributed by atoms with Crippen molar-refractivity contribution >= 4 is 39.8 Å². The van der Waals surface area contributed by atoms with Crippen molar-refractivity contribution in [3.8, 4) is 0 Å². The summed E-state index contributed by atoms with van der Waals surface area (Å²) in [6.07, 6.45) is -9.60. The van der Waals surface area contributed by atoms with Gasteiger partial charge in [0.25, 0.3) is 0 Å². The molecule has 1 aromatic rings. The Hall–Kier alpha value is -0.377. The third-order valence-electron chi connectivity index (χ3n) is 2.34. The number of benzene rings is 1. The van der Waals surface area contributed by atoms with Crippen molar-refractivity contribution < 1.29 is 48.3 Å². The fourth-order valence-corrected chi connectivity index (χ4v) is 5.37. The monoisotopic (exact) mass is 491 g/mol. The van der Waals surface area contributed by atoms with Gasteiger partial charge in [0.2, 0.25) is 0 Å². The number of alkyl halides is 6. The molecule has 0 fully saturated rings. The molecule has 1 rings (SSSR count). The van der Waals surface area contributed by atoms with Crippen molar-refractivity contribution in [1.82, 2.24) is 0 Å². The number of rotatable bonds is 3. The van der Waals surface area contributed by atoms with E-state index in [1.165, 1.54) is 0 Å². The SMILES string of the molecule is CS(=O)(=O)N([CH]=[Ru]([Cl])[Cl])c1cc(C(F)(F)F)cc(C(F)(F)F)c1. The average molecular weight is 491 g/mol. The first kappa shape index (κ1) is 20.7. The Morgan fingerprint density at radius 3 is 1.65 bits per heavy atom. The summed E-state index contributed by atoms with van der Waals surface area (Å²) in [7, 11) is 6.75. The van der Waals surface area contributed by atoms with Crippen LogP contribution in [0.4, 0.5) is 32.0 Å². The van der Waals surface area contributed by atoms with Crippen LogP contribution >= 0.6 is 19.4 Å². The predicted octanol–water partition coefficient (Wildman–Crippen LogP) is 4.18. The summed E-state index contributed by atoms with van der Waals surface area (Å²) >= 11 is -2.85. The molecule has 1 aromatic carbocycles. The number of anilines is 1. The Labute approximate surface area is 140 Å². The first-order valence-electron chi connectivity index (χ1n) is 5.24. The maximum atomic E-state index is 12.8. The van der Waals surface area contributed by atoms with Crippen molar-refractivity contribution in [2.24, 2.45) is 0 Å². The van der Waals surface area contributed by atoms with E-state index in [2.05, 4.69) is 0 Å². The molecular weight excluding hydrogens is 484 g/mol. The topological polar surface area (TPSA) is 37.4 Å². The molecule has 0 aromatic heterocycles. The number of nitrogens with zero attached hydrogens (tertiary/aromatic N) is 1. The molecule has 0 heterocycles. The van der Waals surface area contributed by atoms with E-state index < -0.39 is 52.7 Å². The number of halogens is 8. The summed E-state index contributed by atoms with van der Waals surface area (Å²) in [4.78, 5) is 0. The van der Waals surface area contributed by atoms with Gasteiger partial charge in [-0.25, -0.2) is 0 Å². The van der Waals surface area contributed by atoms with Gasteiger partial charge in [-0.3, -0.25) is 0 Å². The van der Waals surface area contributed by atoms with Crippen LogP contribution in [-0.4, -0.2) is 19.4 Å². The first-order valence-corrected chi connectivity index (χ1v) is 12.6. The van der Waals surface area contributed by atoms with Gasteiger partial charge in [0.1, 0.15) is 0 Å². The van der Waals surface area contributed by atoms with E-state index in [1.807, 2.05) is 0 Å². The molecule has 13 heteroatoms. The molecule has 0 bridgehead atoms. The van der Waals surface area contributed by atoms with E-state index in [4.69, 9.17) is 19.4 Å². The molecule has 0 saturated carbocycles. The Balaban J connectivity index is 3.71. The predicted molar refractivity (Wildman–Crippen MR) is 71.5 cm³/mol. The van der Waals surface area contributed by atoms with Crippen LogP contribution in [0.3, 0.4) is 0 Å². The van der Waals surface area contributed by atoms with E-state index >= 15 is 0 Å². The summed E-state index contributed by atoms with van der Waals surface area (Å²) in [6.45, 7) is 0. The average Bonchev–Trinajstić information content (AvgIpc) is 2.31. The molecule has 23 heavy (non-hydrogen) atoms. The van der Waals surface area contributed by atoms with E-state index in [1.54, 1.807) is 0 Å². The van der Waals surface area contributed by atoms with Crippen LogP contribution in [0.25, 0.3) is 0 Å². The fourth-order valence-electron chi connectivity index (χ4n) is 1.44. The van der Waals surface area contributed by atoms with Crippen LogP contribution in [-0.2, 0) is 35.9 Å². The van der Waals surface area contributed by atoms with Gasteiger partial charge < -0.3 is 0 Å². The molecule has 134 valence electrons. The van der Waals surface area contributed by atoms with Crippen molar-refractivity contribution in [1.29, 1.82) is 0 Å². The van der Waals surface area contributed by atoms with Gasteiger partial charge in [-0.2, -0.15) is 0 Å². The molecule has 0 radical (unpaired) electrons. The second-order valence-corrected chi connectivity index (χ2v) is 11.7. The zero-order valence-electron chi connectivity index (χ0n) is 10.9. The molecule has 0 saturated heterocycles. The molecule has 0 aliphatic rings. The zero-order chi connectivity index (χ0) is 18.2. The van der Waals surface area contributed by atoms with Gasteiger partial charge in [0, 0.05) is 0 Å². The molecule has 0 atom stereocenters. The van der Waals surface area contributed by atoms with Crippen LogP contribution in [0.1, 0.15) is 11.1 Å². The third-order valence-corrected chi connectivity index (χ3v) is 5.27. The molecule has 0 unspecified atom stereocenters. The summed E-state index contributed by atoms with van der Waals surface area (Å²) in [5.74, 6) is 0. The van der Waals surface area contributed by atoms with E-state index in [0.29, 0.717) is 11.0 Å². The van der Waals surface area contributed by atoms with Gasteiger partial charge in [-0.05, 0) is 0 Å². The van der Waals surface area contributed by atoms with E-state index in [9.17, 15) is 34.8 Å². The number of hydrogen-bond acceptors (Lipinski definition) is 2. The Morgan fingerprint density at radius 2 is 1.39 bits per heavy atom. The fraction of sp³-hybridized carbons (Fsp3) is 0.300. The summed E-state index contributed by atoms with van der Waals surface area (Å²) < 4.78 is 101. The van der Waals surface area contributed by atoms with Crippen LogP contribution in [0, 0.1) is 0 Å². The van der Waals surface area contributed by atoms with Crippen molar-refractivity contribution in [2.45, 2.75) is 12.4 Å². The second kappa shape index (κ2) is 6.86. The summed E-state index contributed by atoms with van der Waals surface area (Å²) in [6, 6.07) is 0.441. The Morgan fingerprint density at radius 1 is 1.00 bits per heavy atom. The maximum absolute atomic E-state index is 12.8. The standard InChI is InChI=1S/C10H7F6NO2S.2ClH.Ru/c1-17(20(2,18)19)8-4-6(9(11,12)13)3-7(5-8)10(14,15)16;;;/h1,3-5H,2H3;2*1H;/q;;;+2/p-2. The first-order chi connectivity index (χ1) is 10.1. The van der Waals surface area contributed by atoms with Gasteiger partial charge in [-0.1, -0.05) is 0 Å². The van der Waals surface area contributed by atoms with Crippen LogP contribution in [0.15, 0.2) is 18.2 Å². The third kappa shape index (κ3) is 5.88. The molecule has 0 N–H and O–H groups in total. The van der Waals surface area contributed by atoms with Crippen LogP contribution in [0.2, 0.25) is 0 Å². The Kier molecular flexibility index (Phi) is 6.16. The van der Waals surface area contributed by atoms with Gasteiger partial charge in [0.15, 0.2) is 0 Å². The van der Waals surface area contributed by atoms with Crippen molar-refractivity contribution in [3.05, 3.63) is 29.3 Å². The minimum absolute atomic E-state index is 0.110. The molecule has 3 nitrogen and oxygen atoms in total. The Bertz CT molecular complexity index is 696. The van der Waals surface area contributed by atoms with E-state index in [-0.39, 0.29) is 22.5 Å². The quantitative estimate of drug-likeness (QED) is 0.471. The minimum atomic E-state index is -5.10. The zero-order valence-corrected chi connectivity index (χ0v) is 14.9. The number of sulfonamides is 1. The van der Waals surface area contributed by atoms with Crippen LogP contribution < -0.4 is 4.31 Å². The van der Waals surface area contributed by atoms with E-state index in [0.717, 1.165) is 0 Å². The van der Waals surface area contributed by atoms with Crippen molar-refractivity contribution in [2.75, 3.05) is 10.6 Å². The molecule has 0 spiro atoms. The van der Waals surface area contributed by atoms with Gasteiger partial charge in [-0.15, -0.1) is 0 Å². The van der Waals surface area contributed by atoms with Crippen LogP contribution in [0.5, 0.6) is 0 Å². The van der Waals surface area contributed by atoms with Gasteiger partial charge >= 0.3 is 140 Å².